The standard InChI is InChI=1S/C40H55N3O8/c1-23(41-22-24-16-27(42(46)47)21-32(33(24)44)43(48)49)40(45,25-17-28(36(2,3)4)34(50-14)29(18-25)37(5,6)7)26-19-30(38(8,9)10)35(51-15)31(20-26)39(11,12)13/h16-23,44-45H,1-15H3. The minimum absolute atomic E-state index is 0.230. The summed E-state index contributed by atoms with van der Waals surface area (Å²) < 4.78 is 12.1. The zero-order valence-corrected chi connectivity index (χ0v) is 32.8. The molecule has 0 amide bonds. The first-order chi connectivity index (χ1) is 23.1. The van der Waals surface area contributed by atoms with Crippen molar-refractivity contribution >= 4 is 17.6 Å². The number of rotatable bonds is 9. The van der Waals surface area contributed by atoms with Gasteiger partial charge in [0.1, 0.15) is 17.1 Å². The highest BCUT2D eigenvalue weighted by Crippen LogP contribution is 2.48. The first-order valence-corrected chi connectivity index (χ1v) is 17.0. The maximum atomic E-state index is 13.5. The van der Waals surface area contributed by atoms with E-state index in [-0.39, 0.29) is 5.56 Å². The zero-order chi connectivity index (χ0) is 39.2. The molecule has 278 valence electrons. The summed E-state index contributed by atoms with van der Waals surface area (Å²) in [6.45, 7) is 26.6. The van der Waals surface area contributed by atoms with Crippen LogP contribution in [0.1, 0.15) is 129 Å². The van der Waals surface area contributed by atoms with Crippen molar-refractivity contribution in [3.8, 4) is 17.2 Å². The number of aliphatic hydroxyl groups is 1. The maximum Gasteiger partial charge on any atom is 0.318 e. The van der Waals surface area contributed by atoms with Crippen LogP contribution < -0.4 is 9.47 Å². The number of hydrogen-bond donors (Lipinski definition) is 2. The first-order valence-electron chi connectivity index (χ1n) is 17.0. The Kier molecular flexibility index (Phi) is 11.1. The van der Waals surface area contributed by atoms with Crippen molar-refractivity contribution in [2.24, 2.45) is 4.99 Å². The number of hydrogen-bond acceptors (Lipinski definition) is 9. The van der Waals surface area contributed by atoms with Gasteiger partial charge in [0.05, 0.1) is 36.2 Å². The van der Waals surface area contributed by atoms with Gasteiger partial charge in [-0.05, 0) is 64.0 Å². The van der Waals surface area contributed by atoms with Crippen LogP contribution in [0.25, 0.3) is 0 Å². The van der Waals surface area contributed by atoms with Crippen LogP contribution >= 0.6 is 0 Å². The van der Waals surface area contributed by atoms with Gasteiger partial charge < -0.3 is 19.7 Å². The van der Waals surface area contributed by atoms with Crippen molar-refractivity contribution in [1.82, 2.24) is 0 Å². The number of nitrogens with zero attached hydrogens (tertiary/aromatic N) is 3. The molecular formula is C40H55N3O8. The fourth-order valence-electron chi connectivity index (χ4n) is 6.28. The number of phenolic OH excluding ortho intramolecular Hbond substituents is 1. The van der Waals surface area contributed by atoms with E-state index >= 15 is 0 Å². The predicted molar refractivity (Wildman–Crippen MR) is 202 cm³/mol. The third-order valence-electron chi connectivity index (χ3n) is 9.25. The minimum atomic E-state index is -1.85. The van der Waals surface area contributed by atoms with Crippen molar-refractivity contribution < 1.29 is 29.5 Å². The van der Waals surface area contributed by atoms with Crippen LogP contribution in [0.3, 0.4) is 0 Å². The third kappa shape index (κ3) is 8.19. The highest BCUT2D eigenvalue weighted by Gasteiger charge is 2.43. The lowest BCUT2D eigenvalue weighted by Crippen LogP contribution is -2.39. The maximum absolute atomic E-state index is 13.5. The van der Waals surface area contributed by atoms with Crippen LogP contribution in [0.5, 0.6) is 17.2 Å². The molecular weight excluding hydrogens is 650 g/mol. The Morgan fingerprint density at radius 1 is 0.667 bits per heavy atom. The van der Waals surface area contributed by atoms with Crippen molar-refractivity contribution in [3.63, 3.8) is 0 Å². The van der Waals surface area contributed by atoms with E-state index in [1.165, 1.54) is 0 Å². The minimum Gasteiger partial charge on any atom is -0.502 e. The summed E-state index contributed by atoms with van der Waals surface area (Å²) in [6, 6.07) is 8.47. The van der Waals surface area contributed by atoms with E-state index < -0.39 is 60.3 Å². The molecule has 0 aliphatic heterocycles. The fraction of sp³-hybridized carbons (Fsp3) is 0.525. The predicted octanol–water partition coefficient (Wildman–Crippen LogP) is 9.16. The normalized spacial score (nSPS) is 13.7. The van der Waals surface area contributed by atoms with Crippen molar-refractivity contribution in [2.75, 3.05) is 14.2 Å². The largest absolute Gasteiger partial charge is 0.502 e. The average molecular weight is 706 g/mol. The average Bonchev–Trinajstić information content (AvgIpc) is 3.00. The summed E-state index contributed by atoms with van der Waals surface area (Å²) in [5.41, 5.74) is -0.576. The molecule has 0 aliphatic carbocycles. The molecule has 3 aromatic carbocycles. The van der Waals surface area contributed by atoms with Crippen molar-refractivity contribution in [2.45, 2.75) is 123 Å². The van der Waals surface area contributed by atoms with Crippen LogP contribution in [0.2, 0.25) is 0 Å². The molecule has 0 aliphatic rings. The molecule has 0 saturated carbocycles. The number of aliphatic imine (C=N–C) groups is 1. The quantitative estimate of drug-likeness (QED) is 0.127. The molecule has 0 bridgehead atoms. The zero-order valence-electron chi connectivity index (χ0n) is 32.8. The number of ether oxygens (including phenoxy) is 2. The van der Waals surface area contributed by atoms with Gasteiger partial charge in [-0.25, -0.2) is 0 Å². The van der Waals surface area contributed by atoms with Gasteiger partial charge in [-0.2, -0.15) is 0 Å². The summed E-state index contributed by atoms with van der Waals surface area (Å²) in [5, 5.41) is 47.6. The lowest BCUT2D eigenvalue weighted by atomic mass is 9.71. The molecule has 0 radical (unpaired) electrons. The number of aromatic hydroxyl groups is 1. The smallest absolute Gasteiger partial charge is 0.318 e. The topological polar surface area (TPSA) is 158 Å². The molecule has 0 heterocycles. The Morgan fingerprint density at radius 2 is 1.02 bits per heavy atom. The SMILES string of the molecule is COc1c(C(C)(C)C)cc(C(O)(c2cc(C(C)(C)C)c(OC)c(C(C)(C)C)c2)C(C)N=Cc2cc([N+](=O)[O-])cc([N+](=O)[O-])c2O)cc1C(C)(C)C. The van der Waals surface area contributed by atoms with Crippen LogP contribution in [-0.2, 0) is 27.3 Å². The van der Waals surface area contributed by atoms with E-state index in [4.69, 9.17) is 14.5 Å². The summed E-state index contributed by atoms with van der Waals surface area (Å²) in [7, 11) is 3.27. The highest BCUT2D eigenvalue weighted by molar-refractivity contribution is 5.87. The Labute approximate surface area is 302 Å². The van der Waals surface area contributed by atoms with Crippen LogP contribution in [0.4, 0.5) is 11.4 Å². The molecule has 0 spiro atoms. The second-order valence-electron chi connectivity index (χ2n) is 17.3. The van der Waals surface area contributed by atoms with Crippen LogP contribution in [0.15, 0.2) is 41.4 Å². The summed E-state index contributed by atoms with van der Waals surface area (Å²) >= 11 is 0. The Balaban J connectivity index is 2.60. The first kappa shape index (κ1) is 40.9. The number of non-ortho nitro benzene ring substituents is 1. The van der Waals surface area contributed by atoms with E-state index in [9.17, 15) is 30.4 Å². The summed E-state index contributed by atoms with van der Waals surface area (Å²) in [4.78, 5) is 26.4. The number of nitro groups is 2. The second kappa shape index (κ2) is 13.9. The summed E-state index contributed by atoms with van der Waals surface area (Å²) in [5.74, 6) is 0.659. The lowest BCUT2D eigenvalue weighted by Gasteiger charge is -2.39. The monoisotopic (exact) mass is 705 g/mol. The number of benzene rings is 3. The van der Waals surface area contributed by atoms with E-state index in [0.717, 1.165) is 34.5 Å². The second-order valence-corrected chi connectivity index (χ2v) is 17.3. The molecule has 0 aromatic heterocycles. The lowest BCUT2D eigenvalue weighted by molar-refractivity contribution is -0.394. The van der Waals surface area contributed by atoms with Crippen LogP contribution in [0, 0.1) is 20.2 Å². The molecule has 1 atom stereocenters. The number of phenols is 1. The van der Waals surface area contributed by atoms with Gasteiger partial charge in [0, 0.05) is 40.1 Å². The third-order valence-corrected chi connectivity index (χ3v) is 9.25. The van der Waals surface area contributed by atoms with E-state index in [0.29, 0.717) is 28.7 Å². The Hall–Kier alpha value is -4.51. The van der Waals surface area contributed by atoms with Gasteiger partial charge in [0.25, 0.3) is 5.69 Å². The van der Waals surface area contributed by atoms with Gasteiger partial charge in [0.2, 0.25) is 5.75 Å². The van der Waals surface area contributed by atoms with E-state index in [1.807, 2.05) is 24.3 Å². The summed E-state index contributed by atoms with van der Waals surface area (Å²) in [6.07, 6.45) is 1.14. The molecule has 11 nitrogen and oxygen atoms in total. The molecule has 3 rings (SSSR count). The van der Waals surface area contributed by atoms with Gasteiger partial charge in [0.15, 0.2) is 0 Å². The number of nitro benzene ring substituents is 2. The molecule has 0 saturated heterocycles. The Morgan fingerprint density at radius 3 is 1.29 bits per heavy atom. The molecule has 2 N–H and O–H groups in total. The molecule has 11 heteroatoms. The van der Waals surface area contributed by atoms with E-state index in [2.05, 4.69) is 83.1 Å². The van der Waals surface area contributed by atoms with Crippen LogP contribution in [-0.4, -0.2) is 46.5 Å². The molecule has 0 fully saturated rings. The van der Waals surface area contributed by atoms with E-state index in [1.54, 1.807) is 21.1 Å². The molecule has 1 unspecified atom stereocenters. The van der Waals surface area contributed by atoms with Gasteiger partial charge in [-0.1, -0.05) is 83.1 Å². The van der Waals surface area contributed by atoms with Crippen molar-refractivity contribution in [3.05, 3.63) is 95.6 Å². The molecule has 51 heavy (non-hydrogen) atoms. The highest BCUT2D eigenvalue weighted by atomic mass is 16.6. The van der Waals surface area contributed by atoms with Crippen molar-refractivity contribution in [1.29, 1.82) is 0 Å². The Bertz CT molecular complexity index is 1700. The molecule has 3 aromatic rings. The van der Waals surface area contributed by atoms with Gasteiger partial charge >= 0.3 is 5.69 Å². The number of methoxy groups -OCH3 is 2. The fourth-order valence-corrected chi connectivity index (χ4v) is 6.28. The van der Waals surface area contributed by atoms with Gasteiger partial charge in [-0.3, -0.25) is 25.2 Å². The van der Waals surface area contributed by atoms with Gasteiger partial charge in [-0.15, -0.1) is 0 Å².